The van der Waals surface area contributed by atoms with Gasteiger partial charge in [0.1, 0.15) is 12.4 Å². The molecule has 16 heavy (non-hydrogen) atoms. The lowest BCUT2D eigenvalue weighted by atomic mass is 10.0. The molecule has 1 N–H and O–H groups in total. The summed E-state index contributed by atoms with van der Waals surface area (Å²) in [6.07, 6.45) is 2.89. The molecule has 1 heterocycles. The largest absolute Gasteiger partial charge is 0.490 e. The highest BCUT2D eigenvalue weighted by atomic mass is 16.5. The molecule has 0 aliphatic carbocycles. The summed E-state index contributed by atoms with van der Waals surface area (Å²) in [5.74, 6) is 0.874. The normalized spacial score (nSPS) is 11.5. The van der Waals surface area contributed by atoms with Crippen LogP contribution in [0.25, 0.3) is 0 Å². The van der Waals surface area contributed by atoms with Crippen LogP contribution in [-0.2, 0) is 0 Å². The van der Waals surface area contributed by atoms with Crippen molar-refractivity contribution in [1.82, 2.24) is 10.3 Å². The Morgan fingerprint density at radius 3 is 2.81 bits per heavy atom. The molecular weight excluding hydrogens is 200 g/mol. The summed E-state index contributed by atoms with van der Waals surface area (Å²) in [6, 6.07) is 3.85. The number of nitrogens with zero attached hydrogens (tertiary/aromatic N) is 1. The highest BCUT2D eigenvalue weighted by Gasteiger charge is 2.12. The molecule has 0 fully saturated rings. The topological polar surface area (TPSA) is 34.1 Å². The van der Waals surface area contributed by atoms with E-state index in [4.69, 9.17) is 4.74 Å². The van der Waals surface area contributed by atoms with Crippen molar-refractivity contribution in [2.24, 2.45) is 0 Å². The van der Waals surface area contributed by atoms with Gasteiger partial charge in [-0.25, -0.2) is 0 Å². The van der Waals surface area contributed by atoms with Gasteiger partial charge in [0.15, 0.2) is 0 Å². The second-order valence-electron chi connectivity index (χ2n) is 4.60. The van der Waals surface area contributed by atoms with Crippen LogP contribution in [0.1, 0.15) is 32.9 Å². The summed E-state index contributed by atoms with van der Waals surface area (Å²) in [6.45, 7) is 10.1. The Kier molecular flexibility index (Phi) is 4.74. The van der Waals surface area contributed by atoms with Crippen molar-refractivity contribution < 1.29 is 4.74 Å². The summed E-state index contributed by atoms with van der Waals surface area (Å²) in [5.41, 5.74) is 1.13. The van der Waals surface area contributed by atoms with Crippen LogP contribution in [0.4, 0.5) is 0 Å². The van der Waals surface area contributed by atoms with E-state index in [1.165, 1.54) is 0 Å². The lowest BCUT2D eigenvalue weighted by Gasteiger charge is -2.24. The van der Waals surface area contributed by atoms with Gasteiger partial charge in [0.25, 0.3) is 0 Å². The predicted molar refractivity (Wildman–Crippen MR) is 66.8 cm³/mol. The van der Waals surface area contributed by atoms with Crippen LogP contribution >= 0.6 is 0 Å². The van der Waals surface area contributed by atoms with Gasteiger partial charge in [-0.15, -0.1) is 0 Å². The van der Waals surface area contributed by atoms with E-state index in [1.54, 1.807) is 6.20 Å². The van der Waals surface area contributed by atoms with Crippen molar-refractivity contribution in [3.63, 3.8) is 0 Å². The average Bonchev–Trinajstić information content (AvgIpc) is 2.27. The van der Waals surface area contributed by atoms with Crippen LogP contribution in [-0.4, -0.2) is 23.7 Å². The zero-order chi connectivity index (χ0) is 12.0. The minimum atomic E-state index is 0.188. The Balaban J connectivity index is 2.29. The third-order valence-corrected chi connectivity index (χ3v) is 2.81. The molecule has 0 unspecified atom stereocenters. The molecule has 0 aromatic carbocycles. The minimum absolute atomic E-state index is 0.188. The zero-order valence-electron chi connectivity index (χ0n) is 10.7. The van der Waals surface area contributed by atoms with Gasteiger partial charge < -0.3 is 10.1 Å². The van der Waals surface area contributed by atoms with Crippen molar-refractivity contribution in [1.29, 1.82) is 0 Å². The summed E-state index contributed by atoms with van der Waals surface area (Å²) in [4.78, 5) is 4.18. The van der Waals surface area contributed by atoms with Crippen molar-refractivity contribution >= 4 is 0 Å². The van der Waals surface area contributed by atoms with E-state index in [1.807, 2.05) is 19.1 Å². The van der Waals surface area contributed by atoms with Gasteiger partial charge in [-0.2, -0.15) is 0 Å². The van der Waals surface area contributed by atoms with Gasteiger partial charge in [0.2, 0.25) is 0 Å². The molecule has 0 radical (unpaired) electrons. The monoisotopic (exact) mass is 222 g/mol. The number of nitrogens with one attached hydrogen (secondary N) is 1. The van der Waals surface area contributed by atoms with Crippen LogP contribution in [0, 0.1) is 6.92 Å². The standard InChI is InChI=1S/C13H22N2O/c1-5-13(3,4)15-9-10-16-12-7-6-8-14-11(12)2/h6-8,15H,5,9-10H2,1-4H3. The van der Waals surface area contributed by atoms with Crippen molar-refractivity contribution in [2.45, 2.75) is 39.7 Å². The summed E-state index contributed by atoms with van der Waals surface area (Å²) >= 11 is 0. The maximum absolute atomic E-state index is 5.65. The molecule has 0 aliphatic rings. The zero-order valence-corrected chi connectivity index (χ0v) is 10.7. The number of aryl methyl sites for hydroxylation is 1. The molecule has 1 aromatic heterocycles. The number of ether oxygens (including phenoxy) is 1. The Morgan fingerprint density at radius 1 is 1.44 bits per heavy atom. The highest BCUT2D eigenvalue weighted by molar-refractivity contribution is 5.25. The molecule has 1 rings (SSSR count). The maximum Gasteiger partial charge on any atom is 0.140 e. The first kappa shape index (κ1) is 13.0. The number of aromatic nitrogens is 1. The van der Waals surface area contributed by atoms with Crippen LogP contribution in [0.5, 0.6) is 5.75 Å². The first-order valence-corrected chi connectivity index (χ1v) is 5.84. The fourth-order valence-corrected chi connectivity index (χ4v) is 1.30. The summed E-state index contributed by atoms with van der Waals surface area (Å²) in [5, 5.41) is 3.45. The van der Waals surface area contributed by atoms with Crippen LogP contribution in [0.2, 0.25) is 0 Å². The second kappa shape index (κ2) is 5.85. The minimum Gasteiger partial charge on any atom is -0.490 e. The Labute approximate surface area is 98.2 Å². The number of hydrogen-bond acceptors (Lipinski definition) is 3. The Bertz CT molecular complexity index is 323. The Morgan fingerprint density at radius 2 is 2.19 bits per heavy atom. The van der Waals surface area contributed by atoms with Gasteiger partial charge in [-0.1, -0.05) is 6.92 Å². The molecule has 0 spiro atoms. The molecule has 3 nitrogen and oxygen atoms in total. The Hall–Kier alpha value is -1.09. The van der Waals surface area contributed by atoms with Gasteiger partial charge >= 0.3 is 0 Å². The van der Waals surface area contributed by atoms with E-state index in [-0.39, 0.29) is 5.54 Å². The molecule has 0 saturated heterocycles. The number of rotatable bonds is 6. The first-order valence-electron chi connectivity index (χ1n) is 5.84. The van der Waals surface area contributed by atoms with Gasteiger partial charge in [-0.05, 0) is 39.3 Å². The molecule has 0 aliphatic heterocycles. The SMILES string of the molecule is CCC(C)(C)NCCOc1cccnc1C. The molecule has 3 heteroatoms. The predicted octanol–water partition coefficient (Wildman–Crippen LogP) is 2.55. The maximum atomic E-state index is 5.65. The summed E-state index contributed by atoms with van der Waals surface area (Å²) < 4.78 is 5.65. The molecule has 1 aromatic rings. The van der Waals surface area contributed by atoms with Gasteiger partial charge in [-0.3, -0.25) is 4.98 Å². The fraction of sp³-hybridized carbons (Fsp3) is 0.615. The van der Waals surface area contributed by atoms with Crippen molar-refractivity contribution in [2.75, 3.05) is 13.2 Å². The van der Waals surface area contributed by atoms with E-state index in [9.17, 15) is 0 Å². The highest BCUT2D eigenvalue weighted by Crippen LogP contribution is 2.13. The average molecular weight is 222 g/mol. The number of pyridine rings is 1. The van der Waals surface area contributed by atoms with E-state index in [2.05, 4.69) is 31.1 Å². The number of hydrogen-bond donors (Lipinski definition) is 1. The van der Waals surface area contributed by atoms with E-state index in [0.29, 0.717) is 6.61 Å². The lowest BCUT2D eigenvalue weighted by molar-refractivity contribution is 0.278. The fourth-order valence-electron chi connectivity index (χ4n) is 1.30. The lowest BCUT2D eigenvalue weighted by Crippen LogP contribution is -2.40. The molecule has 0 amide bonds. The smallest absolute Gasteiger partial charge is 0.140 e. The van der Waals surface area contributed by atoms with Gasteiger partial charge in [0, 0.05) is 18.3 Å². The summed E-state index contributed by atoms with van der Waals surface area (Å²) in [7, 11) is 0. The second-order valence-corrected chi connectivity index (χ2v) is 4.60. The van der Waals surface area contributed by atoms with E-state index >= 15 is 0 Å². The molecule has 0 bridgehead atoms. The molecule has 90 valence electrons. The molecule has 0 saturated carbocycles. The van der Waals surface area contributed by atoms with Crippen molar-refractivity contribution in [3.8, 4) is 5.75 Å². The third-order valence-electron chi connectivity index (χ3n) is 2.81. The first-order chi connectivity index (χ1) is 7.55. The van der Waals surface area contributed by atoms with E-state index in [0.717, 1.165) is 24.4 Å². The molecule has 0 atom stereocenters. The van der Waals surface area contributed by atoms with Crippen LogP contribution < -0.4 is 10.1 Å². The molecular formula is C13H22N2O. The van der Waals surface area contributed by atoms with E-state index < -0.39 is 0 Å². The third kappa shape index (κ3) is 4.19. The van der Waals surface area contributed by atoms with Crippen LogP contribution in [0.15, 0.2) is 18.3 Å². The van der Waals surface area contributed by atoms with Crippen molar-refractivity contribution in [3.05, 3.63) is 24.0 Å². The van der Waals surface area contributed by atoms with Gasteiger partial charge in [0.05, 0.1) is 5.69 Å². The van der Waals surface area contributed by atoms with Crippen LogP contribution in [0.3, 0.4) is 0 Å². The quantitative estimate of drug-likeness (QED) is 0.751.